The summed E-state index contributed by atoms with van der Waals surface area (Å²) in [7, 11) is 0. The summed E-state index contributed by atoms with van der Waals surface area (Å²) >= 11 is 0. The summed E-state index contributed by atoms with van der Waals surface area (Å²) in [5.74, 6) is -1.08. The van der Waals surface area contributed by atoms with Gasteiger partial charge in [0.05, 0.1) is 12.7 Å². The summed E-state index contributed by atoms with van der Waals surface area (Å²) in [4.78, 5) is 8.89. The zero-order valence-corrected chi connectivity index (χ0v) is 14.9. The van der Waals surface area contributed by atoms with Gasteiger partial charge in [0.25, 0.3) is 0 Å². The van der Waals surface area contributed by atoms with Gasteiger partial charge in [-0.1, -0.05) is 58.3 Å². The molecule has 0 aromatic carbocycles. The van der Waals surface area contributed by atoms with Crippen LogP contribution in [0.25, 0.3) is 0 Å². The Bertz CT molecular complexity index is 173. The van der Waals surface area contributed by atoms with Crippen molar-refractivity contribution in [2.45, 2.75) is 77.7 Å². The molecule has 0 aliphatic heterocycles. The number of carboxylic acid groups (broad SMARTS) is 1. The summed E-state index contributed by atoms with van der Waals surface area (Å²) in [6, 6.07) is 0. The Morgan fingerprint density at radius 2 is 1.42 bits per heavy atom. The van der Waals surface area contributed by atoms with Crippen molar-refractivity contribution in [1.29, 1.82) is 0 Å². The monoisotopic (exact) mass is 284 g/mol. The number of carboxylic acids is 1. The van der Waals surface area contributed by atoms with Crippen LogP contribution in [0.2, 0.25) is 0 Å². The molecule has 0 saturated carbocycles. The molecule has 4 nitrogen and oxygen atoms in total. The minimum absolute atomic E-state index is 0. The zero-order chi connectivity index (χ0) is 14.2. The number of rotatable bonds is 10. The molecule has 0 saturated heterocycles. The number of aliphatic hydroxyl groups excluding tert-OH is 2. The Morgan fingerprint density at radius 3 is 1.79 bits per heavy atom. The van der Waals surface area contributed by atoms with Gasteiger partial charge in [0, 0.05) is 5.97 Å². The number of aliphatic carboxylic acids is 1. The number of carbonyl (C=O) groups excluding carboxylic acids is 1. The van der Waals surface area contributed by atoms with Crippen LogP contribution in [-0.4, -0.2) is 28.9 Å². The van der Waals surface area contributed by atoms with E-state index in [1.807, 2.05) is 0 Å². The smallest absolute Gasteiger partial charge is 0.550 e. The zero-order valence-electron chi connectivity index (χ0n) is 12.9. The van der Waals surface area contributed by atoms with Crippen molar-refractivity contribution in [3.63, 3.8) is 0 Å². The van der Waals surface area contributed by atoms with E-state index < -0.39 is 12.1 Å². The second-order valence-corrected chi connectivity index (χ2v) is 4.59. The Kier molecular flexibility index (Phi) is 26.6. The maximum atomic E-state index is 9.08. The minimum Gasteiger partial charge on any atom is -0.550 e. The fourth-order valence-corrected chi connectivity index (χ4v) is 1.61. The van der Waals surface area contributed by atoms with Crippen LogP contribution >= 0.6 is 0 Å². The number of unbranched alkanes of at least 4 members (excludes halogenated alkanes) is 7. The molecule has 0 rings (SSSR count). The first-order valence-corrected chi connectivity index (χ1v) is 7.01. The van der Waals surface area contributed by atoms with Crippen LogP contribution in [-0.2, 0) is 4.79 Å². The first-order chi connectivity index (χ1) is 8.54. The van der Waals surface area contributed by atoms with Crippen molar-refractivity contribution < 1.29 is 49.7 Å². The number of hydrogen-bond acceptors (Lipinski definition) is 4. The molecule has 0 aromatic rings. The van der Waals surface area contributed by atoms with Crippen LogP contribution in [0, 0.1) is 0 Å². The van der Waals surface area contributed by atoms with Crippen LogP contribution in [0.3, 0.4) is 0 Å². The molecule has 0 aliphatic carbocycles. The van der Waals surface area contributed by atoms with Crippen molar-refractivity contribution >= 4 is 5.97 Å². The third-order valence-electron chi connectivity index (χ3n) is 2.60. The molecular formula is C14H29NaO4. The molecule has 110 valence electrons. The topological polar surface area (TPSA) is 80.6 Å². The summed E-state index contributed by atoms with van der Waals surface area (Å²) in [6.07, 6.45) is 10.5. The average Bonchev–Trinajstić information content (AvgIpc) is 2.31. The van der Waals surface area contributed by atoms with E-state index in [2.05, 4.69) is 6.92 Å². The van der Waals surface area contributed by atoms with E-state index in [0.717, 1.165) is 19.8 Å². The van der Waals surface area contributed by atoms with Gasteiger partial charge in [-0.2, -0.15) is 0 Å². The predicted octanol–water partition coefficient (Wildman–Crippen LogP) is -1.37. The molecule has 0 heterocycles. The van der Waals surface area contributed by atoms with Crippen molar-refractivity contribution in [3.05, 3.63) is 0 Å². The van der Waals surface area contributed by atoms with E-state index in [1.165, 1.54) is 44.9 Å². The second-order valence-electron chi connectivity index (χ2n) is 4.59. The van der Waals surface area contributed by atoms with Gasteiger partial charge < -0.3 is 20.1 Å². The largest absolute Gasteiger partial charge is 1.00 e. The maximum absolute atomic E-state index is 9.08. The molecule has 1 unspecified atom stereocenters. The Labute approximate surface area is 139 Å². The molecule has 2 N–H and O–H groups in total. The molecule has 0 spiro atoms. The van der Waals surface area contributed by atoms with E-state index in [-0.39, 0.29) is 36.2 Å². The van der Waals surface area contributed by atoms with Crippen LogP contribution in [0.15, 0.2) is 0 Å². The molecule has 0 bridgehead atoms. The third kappa shape index (κ3) is 32.2. The molecule has 0 fully saturated rings. The first kappa shape index (κ1) is 24.4. The fraction of sp³-hybridized carbons (Fsp3) is 0.929. The Morgan fingerprint density at radius 1 is 1.05 bits per heavy atom. The predicted molar refractivity (Wildman–Crippen MR) is 71.0 cm³/mol. The second kappa shape index (κ2) is 20.7. The summed E-state index contributed by atoms with van der Waals surface area (Å²) < 4.78 is 0. The standard InChI is InChI=1S/C12H26O2.C2H4O2.Na/c1-2-3-4-5-6-7-8-9-10-12(14)11-13;1-2(3)4;/h12-14H,2-11H2,1H3;1H3,(H,3,4);/q;;+1/p-1. The van der Waals surface area contributed by atoms with E-state index in [0.29, 0.717) is 0 Å². The van der Waals surface area contributed by atoms with Crippen molar-refractivity contribution in [1.82, 2.24) is 0 Å². The van der Waals surface area contributed by atoms with Gasteiger partial charge in [0.15, 0.2) is 0 Å². The van der Waals surface area contributed by atoms with Crippen molar-refractivity contribution in [2.24, 2.45) is 0 Å². The molecule has 0 amide bonds. The van der Waals surface area contributed by atoms with E-state index >= 15 is 0 Å². The van der Waals surface area contributed by atoms with E-state index in [1.54, 1.807) is 0 Å². The Hall–Kier alpha value is 0.390. The van der Waals surface area contributed by atoms with Crippen LogP contribution in [0.5, 0.6) is 0 Å². The van der Waals surface area contributed by atoms with Gasteiger partial charge in [-0.05, 0) is 13.3 Å². The fourth-order valence-electron chi connectivity index (χ4n) is 1.61. The van der Waals surface area contributed by atoms with Crippen LogP contribution in [0.4, 0.5) is 0 Å². The van der Waals surface area contributed by atoms with Gasteiger partial charge in [0.2, 0.25) is 0 Å². The van der Waals surface area contributed by atoms with Gasteiger partial charge in [-0.25, -0.2) is 0 Å². The Balaban J connectivity index is -0.000000448. The van der Waals surface area contributed by atoms with Gasteiger partial charge in [0.1, 0.15) is 0 Å². The van der Waals surface area contributed by atoms with Crippen LogP contribution < -0.4 is 34.7 Å². The minimum atomic E-state index is -1.08. The van der Waals surface area contributed by atoms with E-state index in [4.69, 9.17) is 20.1 Å². The van der Waals surface area contributed by atoms with Crippen molar-refractivity contribution in [3.8, 4) is 0 Å². The summed E-state index contributed by atoms with van der Waals surface area (Å²) in [5.41, 5.74) is 0. The maximum Gasteiger partial charge on any atom is 1.00 e. The van der Waals surface area contributed by atoms with E-state index in [9.17, 15) is 0 Å². The average molecular weight is 284 g/mol. The molecule has 0 aliphatic rings. The number of aliphatic hydroxyl groups is 2. The summed E-state index contributed by atoms with van der Waals surface area (Å²) in [6.45, 7) is 3.12. The SMILES string of the molecule is CC(=O)[O-].CCCCCCCCCCC(O)CO.[Na+]. The quantitative estimate of drug-likeness (QED) is 0.383. The number of hydrogen-bond donors (Lipinski definition) is 2. The molecular weight excluding hydrogens is 255 g/mol. The van der Waals surface area contributed by atoms with Gasteiger partial charge in [-0.3, -0.25) is 0 Å². The van der Waals surface area contributed by atoms with Crippen molar-refractivity contribution in [2.75, 3.05) is 6.61 Å². The molecule has 1 atom stereocenters. The first-order valence-electron chi connectivity index (χ1n) is 7.01. The number of carbonyl (C=O) groups is 1. The molecule has 5 heteroatoms. The molecule has 0 radical (unpaired) electrons. The summed E-state index contributed by atoms with van der Waals surface area (Å²) in [5, 5.41) is 26.6. The van der Waals surface area contributed by atoms with Gasteiger partial charge >= 0.3 is 29.6 Å². The molecule has 0 aromatic heterocycles. The normalized spacial score (nSPS) is 10.9. The third-order valence-corrected chi connectivity index (χ3v) is 2.60. The molecule has 19 heavy (non-hydrogen) atoms. The van der Waals surface area contributed by atoms with Crippen LogP contribution in [0.1, 0.15) is 71.6 Å². The van der Waals surface area contributed by atoms with Gasteiger partial charge in [-0.15, -0.1) is 0 Å².